The Morgan fingerprint density at radius 2 is 1.58 bits per heavy atom. The number of carbonyl (C=O) groups excluding carboxylic acids is 2. The Morgan fingerprint density at radius 1 is 0.917 bits per heavy atom. The summed E-state index contributed by atoms with van der Waals surface area (Å²) in [6.07, 6.45) is 0.106. The quantitative estimate of drug-likeness (QED) is 0.823. The molecule has 0 radical (unpaired) electrons. The molecule has 126 valence electrons. The van der Waals surface area contributed by atoms with Crippen LogP contribution in [0.3, 0.4) is 0 Å². The Hall–Kier alpha value is -3.02. The van der Waals surface area contributed by atoms with Gasteiger partial charge in [-0.2, -0.15) is 0 Å². The molecule has 0 atom stereocenters. The fourth-order valence-electron chi connectivity index (χ4n) is 2.12. The summed E-state index contributed by atoms with van der Waals surface area (Å²) >= 11 is 0. The molecule has 2 N–H and O–H groups in total. The Labute approximate surface area is 140 Å². The van der Waals surface area contributed by atoms with Gasteiger partial charge >= 0.3 is 0 Å². The third-order valence-electron chi connectivity index (χ3n) is 3.44. The number of nitrogens with one attached hydrogen (secondary N) is 2. The molecule has 2 amide bonds. The number of hydrogen-bond donors (Lipinski definition) is 2. The van der Waals surface area contributed by atoms with Gasteiger partial charge in [-0.1, -0.05) is 23.8 Å². The summed E-state index contributed by atoms with van der Waals surface area (Å²) in [6.45, 7) is 1.94. The number of benzene rings is 2. The average Bonchev–Trinajstić information content (AvgIpc) is 2.60. The van der Waals surface area contributed by atoms with Crippen molar-refractivity contribution in [2.45, 2.75) is 13.3 Å². The van der Waals surface area contributed by atoms with E-state index in [9.17, 15) is 9.59 Å². The molecule has 0 bridgehead atoms. The number of amides is 2. The number of carbonyl (C=O) groups is 2. The van der Waals surface area contributed by atoms with Gasteiger partial charge in [0.2, 0.25) is 5.91 Å². The van der Waals surface area contributed by atoms with Gasteiger partial charge in [-0.25, -0.2) is 0 Å². The van der Waals surface area contributed by atoms with E-state index in [2.05, 4.69) is 10.9 Å². The monoisotopic (exact) mass is 328 g/mol. The molecule has 2 aromatic rings. The van der Waals surface area contributed by atoms with Gasteiger partial charge in [-0.15, -0.1) is 0 Å². The lowest BCUT2D eigenvalue weighted by atomic mass is 10.1. The van der Waals surface area contributed by atoms with Gasteiger partial charge in [0, 0.05) is 5.56 Å². The topological polar surface area (TPSA) is 76.7 Å². The lowest BCUT2D eigenvalue weighted by Crippen LogP contribution is -2.42. The summed E-state index contributed by atoms with van der Waals surface area (Å²) in [5.41, 5.74) is 7.08. The van der Waals surface area contributed by atoms with Gasteiger partial charge in [-0.05, 0) is 36.8 Å². The molecule has 0 fully saturated rings. The van der Waals surface area contributed by atoms with Gasteiger partial charge in [0.15, 0.2) is 11.5 Å². The first-order valence-corrected chi connectivity index (χ1v) is 7.40. The van der Waals surface area contributed by atoms with E-state index in [0.29, 0.717) is 17.1 Å². The van der Waals surface area contributed by atoms with Crippen LogP contribution < -0.4 is 20.3 Å². The minimum Gasteiger partial charge on any atom is -0.493 e. The maximum absolute atomic E-state index is 12.0. The predicted octanol–water partition coefficient (Wildman–Crippen LogP) is 2.02. The largest absolute Gasteiger partial charge is 0.493 e. The van der Waals surface area contributed by atoms with Crippen LogP contribution in [0.25, 0.3) is 0 Å². The van der Waals surface area contributed by atoms with E-state index >= 15 is 0 Å². The maximum atomic E-state index is 12.0. The lowest BCUT2D eigenvalue weighted by molar-refractivity contribution is -0.121. The number of methoxy groups -OCH3 is 2. The van der Waals surface area contributed by atoms with Crippen molar-refractivity contribution in [1.82, 2.24) is 10.9 Å². The second-order valence-electron chi connectivity index (χ2n) is 5.23. The van der Waals surface area contributed by atoms with E-state index in [4.69, 9.17) is 9.47 Å². The SMILES string of the molecule is COc1ccc(CC(=O)NNC(=O)c2ccc(C)cc2)cc1OC. The molecule has 0 spiro atoms. The van der Waals surface area contributed by atoms with Crippen molar-refractivity contribution in [2.75, 3.05) is 14.2 Å². The van der Waals surface area contributed by atoms with E-state index in [1.807, 2.05) is 19.1 Å². The summed E-state index contributed by atoms with van der Waals surface area (Å²) in [5.74, 6) is 0.444. The van der Waals surface area contributed by atoms with E-state index in [0.717, 1.165) is 11.1 Å². The third-order valence-corrected chi connectivity index (χ3v) is 3.44. The fourth-order valence-corrected chi connectivity index (χ4v) is 2.12. The maximum Gasteiger partial charge on any atom is 0.269 e. The highest BCUT2D eigenvalue weighted by molar-refractivity contribution is 5.95. The molecular weight excluding hydrogens is 308 g/mol. The highest BCUT2D eigenvalue weighted by Gasteiger charge is 2.10. The van der Waals surface area contributed by atoms with E-state index in [1.54, 1.807) is 37.4 Å². The zero-order valence-corrected chi connectivity index (χ0v) is 13.9. The van der Waals surface area contributed by atoms with Crippen LogP contribution >= 0.6 is 0 Å². The molecule has 0 saturated carbocycles. The van der Waals surface area contributed by atoms with Gasteiger partial charge in [0.25, 0.3) is 5.91 Å². The number of aryl methyl sites for hydroxylation is 1. The van der Waals surface area contributed by atoms with Crippen molar-refractivity contribution in [2.24, 2.45) is 0 Å². The summed E-state index contributed by atoms with van der Waals surface area (Å²) in [5, 5.41) is 0. The first-order valence-electron chi connectivity index (χ1n) is 7.40. The molecule has 2 aromatic carbocycles. The molecule has 0 aromatic heterocycles. The smallest absolute Gasteiger partial charge is 0.269 e. The molecule has 0 unspecified atom stereocenters. The fraction of sp³-hybridized carbons (Fsp3) is 0.222. The predicted molar refractivity (Wildman–Crippen MR) is 90.0 cm³/mol. The van der Waals surface area contributed by atoms with Crippen LogP contribution in [-0.2, 0) is 11.2 Å². The van der Waals surface area contributed by atoms with Crippen molar-refractivity contribution in [1.29, 1.82) is 0 Å². The summed E-state index contributed by atoms with van der Waals surface area (Å²) in [6, 6.07) is 12.3. The molecule has 6 heteroatoms. The van der Waals surface area contributed by atoms with Gasteiger partial charge in [0.1, 0.15) is 0 Å². The van der Waals surface area contributed by atoms with Gasteiger partial charge < -0.3 is 9.47 Å². The molecule has 0 aliphatic heterocycles. The van der Waals surface area contributed by atoms with Crippen LogP contribution in [0.1, 0.15) is 21.5 Å². The summed E-state index contributed by atoms with van der Waals surface area (Å²) in [4.78, 5) is 23.9. The van der Waals surface area contributed by atoms with E-state index < -0.39 is 0 Å². The Kier molecular flexibility index (Phi) is 5.78. The molecule has 24 heavy (non-hydrogen) atoms. The van der Waals surface area contributed by atoms with Gasteiger partial charge in [-0.3, -0.25) is 20.4 Å². The normalized spacial score (nSPS) is 9.96. The van der Waals surface area contributed by atoms with Crippen LogP contribution in [0.15, 0.2) is 42.5 Å². The minimum atomic E-state index is -0.365. The number of rotatable bonds is 5. The van der Waals surface area contributed by atoms with Crippen LogP contribution in [0, 0.1) is 6.92 Å². The van der Waals surface area contributed by atoms with Crippen molar-refractivity contribution < 1.29 is 19.1 Å². The van der Waals surface area contributed by atoms with Crippen LogP contribution in [0.4, 0.5) is 0 Å². The Morgan fingerprint density at radius 3 is 2.21 bits per heavy atom. The summed E-state index contributed by atoms with van der Waals surface area (Å²) in [7, 11) is 3.08. The second-order valence-corrected chi connectivity index (χ2v) is 5.23. The number of hydrazine groups is 1. The summed E-state index contributed by atoms with van der Waals surface area (Å²) < 4.78 is 10.3. The van der Waals surface area contributed by atoms with Crippen LogP contribution in [0.2, 0.25) is 0 Å². The third kappa shape index (κ3) is 4.49. The zero-order valence-electron chi connectivity index (χ0n) is 13.9. The van der Waals surface area contributed by atoms with Crippen molar-refractivity contribution in [3.05, 3.63) is 59.2 Å². The molecular formula is C18H20N2O4. The first kappa shape index (κ1) is 17.3. The molecule has 0 heterocycles. The molecule has 6 nitrogen and oxygen atoms in total. The zero-order chi connectivity index (χ0) is 17.5. The van der Waals surface area contributed by atoms with Gasteiger partial charge in [0.05, 0.1) is 20.6 Å². The number of hydrogen-bond acceptors (Lipinski definition) is 4. The van der Waals surface area contributed by atoms with E-state index in [1.165, 1.54) is 7.11 Å². The van der Waals surface area contributed by atoms with Crippen molar-refractivity contribution in [3.8, 4) is 11.5 Å². The standard InChI is InChI=1S/C18H20N2O4/c1-12-4-7-14(8-5-12)18(22)20-19-17(21)11-13-6-9-15(23-2)16(10-13)24-3/h4-10H,11H2,1-3H3,(H,19,21)(H,20,22). The molecule has 2 rings (SSSR count). The van der Waals surface area contributed by atoms with Crippen molar-refractivity contribution >= 4 is 11.8 Å². The first-order chi connectivity index (χ1) is 11.5. The van der Waals surface area contributed by atoms with Crippen LogP contribution in [0.5, 0.6) is 11.5 Å². The molecule has 0 aliphatic rings. The highest BCUT2D eigenvalue weighted by Crippen LogP contribution is 2.27. The highest BCUT2D eigenvalue weighted by atomic mass is 16.5. The average molecular weight is 328 g/mol. The number of ether oxygens (including phenoxy) is 2. The van der Waals surface area contributed by atoms with Crippen LogP contribution in [-0.4, -0.2) is 26.0 Å². The molecule has 0 saturated heterocycles. The Balaban J connectivity index is 1.91. The second kappa shape index (κ2) is 8.01. The van der Waals surface area contributed by atoms with E-state index in [-0.39, 0.29) is 18.2 Å². The lowest BCUT2D eigenvalue weighted by Gasteiger charge is -2.10. The Bertz CT molecular complexity index is 726. The minimum absolute atomic E-state index is 0.106. The van der Waals surface area contributed by atoms with Crippen molar-refractivity contribution in [3.63, 3.8) is 0 Å². The molecule has 0 aliphatic carbocycles.